The van der Waals surface area contributed by atoms with E-state index in [4.69, 9.17) is 0 Å². The fourth-order valence-corrected chi connectivity index (χ4v) is 2.04. The Morgan fingerprint density at radius 2 is 2.00 bits per heavy atom. The third-order valence-corrected chi connectivity index (χ3v) is 3.16. The number of hydrogen-bond acceptors (Lipinski definition) is 2. The molecule has 1 heterocycles. The van der Waals surface area contributed by atoms with Crippen molar-refractivity contribution >= 4 is 5.91 Å². The number of amides is 1. The number of rotatable bonds is 3. The van der Waals surface area contributed by atoms with E-state index in [0.29, 0.717) is 6.54 Å². The summed E-state index contributed by atoms with van der Waals surface area (Å²) in [6.07, 6.45) is 0. The lowest BCUT2D eigenvalue weighted by atomic mass is 9.82. The van der Waals surface area contributed by atoms with Gasteiger partial charge in [-0.15, -0.1) is 0 Å². The minimum Gasteiger partial charge on any atom is -0.341 e. The van der Waals surface area contributed by atoms with Gasteiger partial charge in [-0.3, -0.25) is 4.79 Å². The second-order valence-corrected chi connectivity index (χ2v) is 4.81. The molecule has 2 rings (SSSR count). The topological polar surface area (TPSA) is 32.3 Å². The summed E-state index contributed by atoms with van der Waals surface area (Å²) in [5.74, 6) is 0.232. The molecule has 1 amide bonds. The largest absolute Gasteiger partial charge is 0.341 e. The quantitative estimate of drug-likeness (QED) is 0.828. The van der Waals surface area contributed by atoms with Gasteiger partial charge in [0.2, 0.25) is 5.91 Å². The van der Waals surface area contributed by atoms with Gasteiger partial charge in [-0.05, 0) is 12.5 Å². The van der Waals surface area contributed by atoms with Crippen molar-refractivity contribution in [1.82, 2.24) is 10.2 Å². The molecule has 0 saturated carbocycles. The Bertz CT molecular complexity index is 371. The Hall–Kier alpha value is -1.35. The average molecular weight is 218 g/mol. The molecule has 0 atom stereocenters. The molecule has 1 aliphatic heterocycles. The van der Waals surface area contributed by atoms with Gasteiger partial charge in [0, 0.05) is 26.7 Å². The second kappa shape index (κ2) is 4.26. The Balaban J connectivity index is 1.98. The van der Waals surface area contributed by atoms with Gasteiger partial charge in [-0.25, -0.2) is 0 Å². The van der Waals surface area contributed by atoms with Crippen LogP contribution in [0.5, 0.6) is 0 Å². The van der Waals surface area contributed by atoms with Crippen molar-refractivity contribution in [2.75, 3.05) is 20.1 Å². The minimum atomic E-state index is -0.191. The zero-order valence-electron chi connectivity index (χ0n) is 9.86. The molecule has 0 unspecified atom stereocenters. The normalized spacial score (nSPS) is 17.6. The lowest BCUT2D eigenvalue weighted by Gasteiger charge is -2.40. The first-order chi connectivity index (χ1) is 7.62. The molecule has 0 bridgehead atoms. The first-order valence-corrected chi connectivity index (χ1v) is 5.62. The fraction of sp³-hybridized carbons (Fsp3) is 0.462. The van der Waals surface area contributed by atoms with Gasteiger partial charge >= 0.3 is 0 Å². The highest BCUT2D eigenvalue weighted by atomic mass is 16.2. The molecule has 86 valence electrons. The predicted molar refractivity (Wildman–Crippen MR) is 63.9 cm³/mol. The van der Waals surface area contributed by atoms with E-state index in [-0.39, 0.29) is 11.3 Å². The zero-order chi connectivity index (χ0) is 11.6. The lowest BCUT2D eigenvalue weighted by molar-refractivity contribution is -0.143. The maximum Gasteiger partial charge on any atom is 0.231 e. The van der Waals surface area contributed by atoms with E-state index in [0.717, 1.165) is 13.1 Å². The maximum atomic E-state index is 12.1. The Labute approximate surface area is 96.5 Å². The predicted octanol–water partition coefficient (Wildman–Crippen LogP) is 1.25. The fourth-order valence-electron chi connectivity index (χ4n) is 2.04. The summed E-state index contributed by atoms with van der Waals surface area (Å²) >= 11 is 0. The summed E-state index contributed by atoms with van der Waals surface area (Å²) in [6, 6.07) is 10.1. The van der Waals surface area contributed by atoms with Crippen LogP contribution in [0.1, 0.15) is 12.5 Å². The standard InChI is InChI=1S/C13H18N2O/c1-13(9-14-10-13)12(16)15(2)8-11-6-4-3-5-7-11/h3-7,14H,8-10H2,1-2H3. The van der Waals surface area contributed by atoms with Gasteiger partial charge in [0.1, 0.15) is 0 Å². The van der Waals surface area contributed by atoms with Crippen LogP contribution < -0.4 is 5.32 Å². The maximum absolute atomic E-state index is 12.1. The second-order valence-electron chi connectivity index (χ2n) is 4.81. The Morgan fingerprint density at radius 1 is 1.38 bits per heavy atom. The molecule has 3 heteroatoms. The minimum absolute atomic E-state index is 0.191. The average Bonchev–Trinajstić information content (AvgIpc) is 2.26. The summed E-state index contributed by atoms with van der Waals surface area (Å²) in [5, 5.41) is 3.15. The van der Waals surface area contributed by atoms with Gasteiger partial charge in [0.05, 0.1) is 5.41 Å². The van der Waals surface area contributed by atoms with E-state index in [2.05, 4.69) is 5.32 Å². The highest BCUT2D eigenvalue weighted by Crippen LogP contribution is 2.24. The molecule has 0 aromatic heterocycles. The van der Waals surface area contributed by atoms with Crippen LogP contribution in [0.4, 0.5) is 0 Å². The number of carbonyl (C=O) groups is 1. The molecule has 3 nitrogen and oxygen atoms in total. The van der Waals surface area contributed by atoms with Crippen LogP contribution in [-0.4, -0.2) is 30.9 Å². The van der Waals surface area contributed by atoms with Crippen LogP contribution in [0.25, 0.3) is 0 Å². The van der Waals surface area contributed by atoms with Gasteiger partial charge in [-0.1, -0.05) is 30.3 Å². The van der Waals surface area contributed by atoms with Crippen LogP contribution in [-0.2, 0) is 11.3 Å². The SMILES string of the molecule is CN(Cc1ccccc1)C(=O)C1(C)CNC1. The number of nitrogens with zero attached hydrogens (tertiary/aromatic N) is 1. The van der Waals surface area contributed by atoms with Crippen LogP contribution >= 0.6 is 0 Å². The van der Waals surface area contributed by atoms with Crippen molar-refractivity contribution < 1.29 is 4.79 Å². The highest BCUT2D eigenvalue weighted by Gasteiger charge is 2.40. The smallest absolute Gasteiger partial charge is 0.231 e. The summed E-state index contributed by atoms with van der Waals surface area (Å²) in [6.45, 7) is 4.30. The Morgan fingerprint density at radius 3 is 2.50 bits per heavy atom. The van der Waals surface area contributed by atoms with Gasteiger partial charge in [0.25, 0.3) is 0 Å². The van der Waals surface area contributed by atoms with Crippen molar-refractivity contribution in [2.45, 2.75) is 13.5 Å². The number of carbonyl (C=O) groups excluding carboxylic acids is 1. The third-order valence-electron chi connectivity index (χ3n) is 3.16. The summed E-state index contributed by atoms with van der Waals surface area (Å²) < 4.78 is 0. The lowest BCUT2D eigenvalue weighted by Crippen LogP contribution is -2.59. The first-order valence-electron chi connectivity index (χ1n) is 5.62. The van der Waals surface area contributed by atoms with E-state index in [1.165, 1.54) is 5.56 Å². The van der Waals surface area contributed by atoms with E-state index in [9.17, 15) is 4.79 Å². The first kappa shape index (κ1) is 11.1. The summed E-state index contributed by atoms with van der Waals surface area (Å²) in [7, 11) is 1.87. The van der Waals surface area contributed by atoms with Gasteiger partial charge < -0.3 is 10.2 Å². The molecule has 1 saturated heterocycles. The Kier molecular flexibility index (Phi) is 2.97. The van der Waals surface area contributed by atoms with Crippen molar-refractivity contribution in [3.8, 4) is 0 Å². The molecule has 0 aliphatic carbocycles. The van der Waals surface area contributed by atoms with Crippen LogP contribution in [0.2, 0.25) is 0 Å². The molecule has 1 aromatic rings. The van der Waals surface area contributed by atoms with Crippen molar-refractivity contribution in [2.24, 2.45) is 5.41 Å². The molecule has 1 aromatic carbocycles. The number of hydrogen-bond donors (Lipinski definition) is 1. The van der Waals surface area contributed by atoms with E-state index in [1.54, 1.807) is 0 Å². The van der Waals surface area contributed by atoms with E-state index < -0.39 is 0 Å². The van der Waals surface area contributed by atoms with Crippen molar-refractivity contribution in [3.63, 3.8) is 0 Å². The van der Waals surface area contributed by atoms with Crippen LogP contribution in [0.3, 0.4) is 0 Å². The van der Waals surface area contributed by atoms with E-state index >= 15 is 0 Å². The monoisotopic (exact) mass is 218 g/mol. The number of benzene rings is 1. The molecule has 16 heavy (non-hydrogen) atoms. The molecular formula is C13H18N2O. The third kappa shape index (κ3) is 2.09. The molecule has 1 fully saturated rings. The van der Waals surface area contributed by atoms with Crippen molar-refractivity contribution in [1.29, 1.82) is 0 Å². The van der Waals surface area contributed by atoms with Gasteiger partial charge in [-0.2, -0.15) is 0 Å². The molecule has 0 radical (unpaired) electrons. The molecular weight excluding hydrogens is 200 g/mol. The molecule has 0 spiro atoms. The highest BCUT2D eigenvalue weighted by molar-refractivity contribution is 5.83. The van der Waals surface area contributed by atoms with Crippen molar-refractivity contribution in [3.05, 3.63) is 35.9 Å². The van der Waals surface area contributed by atoms with Crippen LogP contribution in [0.15, 0.2) is 30.3 Å². The number of nitrogens with one attached hydrogen (secondary N) is 1. The van der Waals surface area contributed by atoms with Crippen LogP contribution in [0, 0.1) is 5.41 Å². The molecule has 1 N–H and O–H groups in total. The van der Waals surface area contributed by atoms with Gasteiger partial charge in [0.15, 0.2) is 0 Å². The summed E-state index contributed by atoms with van der Waals surface area (Å²) in [4.78, 5) is 14.0. The van der Waals surface area contributed by atoms with E-state index in [1.807, 2.05) is 49.2 Å². The molecule has 1 aliphatic rings. The zero-order valence-corrected chi connectivity index (χ0v) is 9.86. The summed E-state index contributed by atoms with van der Waals surface area (Å²) in [5.41, 5.74) is 0.984.